The molecule has 0 saturated heterocycles. The number of guanidine groups is 1. The van der Waals surface area contributed by atoms with Crippen LogP contribution in [0.3, 0.4) is 0 Å². The van der Waals surface area contributed by atoms with Crippen molar-refractivity contribution in [1.82, 2.24) is 10.6 Å². The molecule has 1 aromatic rings. The van der Waals surface area contributed by atoms with E-state index < -0.39 is 0 Å². The van der Waals surface area contributed by atoms with Crippen LogP contribution in [0.4, 0.5) is 0 Å². The Morgan fingerprint density at radius 3 is 2.74 bits per heavy atom. The van der Waals surface area contributed by atoms with Crippen molar-refractivity contribution in [2.24, 2.45) is 4.99 Å². The van der Waals surface area contributed by atoms with Crippen molar-refractivity contribution >= 4 is 5.96 Å². The van der Waals surface area contributed by atoms with Crippen LogP contribution in [-0.4, -0.2) is 39.3 Å². The summed E-state index contributed by atoms with van der Waals surface area (Å²) in [5, 5.41) is 6.49. The fourth-order valence-electron chi connectivity index (χ4n) is 1.79. The molecule has 0 fully saturated rings. The molecule has 104 valence electrons. The molecule has 1 aromatic carbocycles. The van der Waals surface area contributed by atoms with Gasteiger partial charge >= 0.3 is 0 Å². The normalized spacial score (nSPS) is 14.3. The van der Waals surface area contributed by atoms with E-state index in [-0.39, 0.29) is 0 Å². The van der Waals surface area contributed by atoms with E-state index in [0.29, 0.717) is 6.61 Å². The van der Waals surface area contributed by atoms with Crippen molar-refractivity contribution in [3.05, 3.63) is 24.3 Å². The van der Waals surface area contributed by atoms with Crippen molar-refractivity contribution in [1.29, 1.82) is 0 Å². The Labute approximate surface area is 114 Å². The van der Waals surface area contributed by atoms with E-state index in [4.69, 9.17) is 9.47 Å². The first-order chi connectivity index (χ1) is 9.38. The number of nitrogens with zero attached hydrogens (tertiary/aromatic N) is 1. The Kier molecular flexibility index (Phi) is 5.34. The third-order valence-corrected chi connectivity index (χ3v) is 2.84. The molecule has 2 rings (SSSR count). The largest absolute Gasteiger partial charge is 0.497 e. The van der Waals surface area contributed by atoms with Crippen LogP contribution < -0.4 is 20.1 Å². The van der Waals surface area contributed by atoms with Gasteiger partial charge in [0.1, 0.15) is 11.5 Å². The summed E-state index contributed by atoms with van der Waals surface area (Å²) < 4.78 is 10.7. The lowest BCUT2D eigenvalue weighted by molar-refractivity contribution is 0.310. The minimum Gasteiger partial charge on any atom is -0.497 e. The summed E-state index contributed by atoms with van der Waals surface area (Å²) in [6.45, 7) is 3.47. The average molecular weight is 263 g/mol. The minimum atomic E-state index is 0.687. The van der Waals surface area contributed by atoms with Gasteiger partial charge in [-0.25, -0.2) is 0 Å². The maximum atomic E-state index is 5.64. The molecule has 0 atom stereocenters. The topological polar surface area (TPSA) is 54.9 Å². The maximum absolute atomic E-state index is 5.64. The highest BCUT2D eigenvalue weighted by molar-refractivity contribution is 5.80. The highest BCUT2D eigenvalue weighted by Gasteiger charge is 2.02. The predicted molar refractivity (Wildman–Crippen MR) is 76.0 cm³/mol. The molecule has 5 heteroatoms. The van der Waals surface area contributed by atoms with Crippen molar-refractivity contribution in [2.45, 2.75) is 12.8 Å². The molecule has 1 aliphatic rings. The predicted octanol–water partition coefficient (Wildman–Crippen LogP) is 1.40. The molecule has 0 radical (unpaired) electrons. The zero-order valence-corrected chi connectivity index (χ0v) is 11.3. The first-order valence-electron chi connectivity index (χ1n) is 6.67. The van der Waals surface area contributed by atoms with Gasteiger partial charge < -0.3 is 20.1 Å². The maximum Gasteiger partial charge on any atom is 0.191 e. The lowest BCUT2D eigenvalue weighted by Crippen LogP contribution is -2.41. The molecule has 0 aromatic heterocycles. The Morgan fingerprint density at radius 1 is 1.26 bits per heavy atom. The number of nitrogens with one attached hydrogen (secondary N) is 2. The highest BCUT2D eigenvalue weighted by Crippen LogP contribution is 2.16. The summed E-state index contributed by atoms with van der Waals surface area (Å²) in [6.07, 6.45) is 2.05. The van der Waals surface area contributed by atoms with Gasteiger partial charge in [-0.15, -0.1) is 0 Å². The number of methoxy groups -OCH3 is 1. The number of rotatable bonds is 6. The van der Waals surface area contributed by atoms with Crippen molar-refractivity contribution in [2.75, 3.05) is 33.4 Å². The monoisotopic (exact) mass is 263 g/mol. The van der Waals surface area contributed by atoms with Gasteiger partial charge in [-0.2, -0.15) is 0 Å². The second kappa shape index (κ2) is 7.51. The molecule has 2 N–H and O–H groups in total. The summed E-state index contributed by atoms with van der Waals surface area (Å²) in [5.41, 5.74) is 0. The summed E-state index contributed by atoms with van der Waals surface area (Å²) in [6, 6.07) is 7.63. The van der Waals surface area contributed by atoms with Crippen LogP contribution in [0.1, 0.15) is 12.8 Å². The van der Waals surface area contributed by atoms with Crippen LogP contribution in [0.25, 0.3) is 0 Å². The van der Waals surface area contributed by atoms with E-state index in [1.165, 1.54) is 0 Å². The van der Waals surface area contributed by atoms with E-state index in [2.05, 4.69) is 15.6 Å². The number of hydrogen-bond donors (Lipinski definition) is 2. The van der Waals surface area contributed by atoms with Crippen molar-refractivity contribution < 1.29 is 9.47 Å². The summed E-state index contributed by atoms with van der Waals surface area (Å²) in [7, 11) is 1.66. The van der Waals surface area contributed by atoms with E-state index in [9.17, 15) is 0 Å². The van der Waals surface area contributed by atoms with Gasteiger partial charge in [0, 0.05) is 19.6 Å². The summed E-state index contributed by atoms with van der Waals surface area (Å²) in [4.78, 5) is 4.34. The molecule has 0 aliphatic carbocycles. The lowest BCUT2D eigenvalue weighted by Gasteiger charge is -2.15. The van der Waals surface area contributed by atoms with Crippen LogP contribution in [0.2, 0.25) is 0 Å². The zero-order chi connectivity index (χ0) is 13.3. The van der Waals surface area contributed by atoms with Gasteiger partial charge in [0.15, 0.2) is 5.96 Å². The van der Waals surface area contributed by atoms with Gasteiger partial charge in [-0.05, 0) is 37.1 Å². The fourth-order valence-corrected chi connectivity index (χ4v) is 1.79. The van der Waals surface area contributed by atoms with Gasteiger partial charge in [-0.1, -0.05) is 0 Å². The number of benzene rings is 1. The SMILES string of the molecule is COc1ccc(OCCCNC2=NCCCN2)cc1. The molecule has 0 unspecified atom stereocenters. The third kappa shape index (κ3) is 4.69. The molecule has 19 heavy (non-hydrogen) atoms. The van der Waals surface area contributed by atoms with Crippen LogP contribution in [0.5, 0.6) is 11.5 Å². The van der Waals surface area contributed by atoms with Crippen LogP contribution in [-0.2, 0) is 0 Å². The first kappa shape index (κ1) is 13.5. The smallest absolute Gasteiger partial charge is 0.191 e. The van der Waals surface area contributed by atoms with Crippen LogP contribution >= 0.6 is 0 Å². The summed E-state index contributed by atoms with van der Waals surface area (Å²) >= 11 is 0. The van der Waals surface area contributed by atoms with Gasteiger partial charge in [0.05, 0.1) is 13.7 Å². The second-order valence-electron chi connectivity index (χ2n) is 4.31. The number of ether oxygens (including phenoxy) is 2. The van der Waals surface area contributed by atoms with E-state index in [0.717, 1.165) is 49.9 Å². The first-order valence-corrected chi connectivity index (χ1v) is 6.67. The van der Waals surface area contributed by atoms with Crippen LogP contribution in [0, 0.1) is 0 Å². The minimum absolute atomic E-state index is 0.687. The molecular weight excluding hydrogens is 242 g/mol. The molecular formula is C14H21N3O2. The third-order valence-electron chi connectivity index (χ3n) is 2.84. The molecule has 5 nitrogen and oxygen atoms in total. The average Bonchev–Trinajstić information content (AvgIpc) is 2.49. The summed E-state index contributed by atoms with van der Waals surface area (Å²) in [5.74, 6) is 2.63. The van der Waals surface area contributed by atoms with E-state index in [1.54, 1.807) is 7.11 Å². The molecule has 0 bridgehead atoms. The Hall–Kier alpha value is -1.91. The fraction of sp³-hybridized carbons (Fsp3) is 0.500. The zero-order valence-electron chi connectivity index (χ0n) is 11.3. The standard InChI is InChI=1S/C14H21N3O2/c1-18-12-4-6-13(7-5-12)19-11-3-10-17-14-15-8-2-9-16-14/h4-7H,2-3,8-11H2,1H3,(H2,15,16,17). The van der Waals surface area contributed by atoms with Crippen LogP contribution in [0.15, 0.2) is 29.3 Å². The second-order valence-corrected chi connectivity index (χ2v) is 4.31. The number of aliphatic imine (C=N–C) groups is 1. The van der Waals surface area contributed by atoms with E-state index in [1.807, 2.05) is 24.3 Å². The van der Waals surface area contributed by atoms with Gasteiger partial charge in [0.25, 0.3) is 0 Å². The van der Waals surface area contributed by atoms with Gasteiger partial charge in [-0.3, -0.25) is 4.99 Å². The molecule has 0 saturated carbocycles. The van der Waals surface area contributed by atoms with Gasteiger partial charge in [0.2, 0.25) is 0 Å². The Bertz CT molecular complexity index is 404. The van der Waals surface area contributed by atoms with E-state index >= 15 is 0 Å². The lowest BCUT2D eigenvalue weighted by atomic mass is 10.3. The Balaban J connectivity index is 1.59. The molecule has 1 aliphatic heterocycles. The molecule has 0 amide bonds. The Morgan fingerprint density at radius 2 is 2.05 bits per heavy atom. The molecule has 0 spiro atoms. The highest BCUT2D eigenvalue weighted by atomic mass is 16.5. The quantitative estimate of drug-likeness (QED) is 0.762. The van der Waals surface area contributed by atoms with Crippen molar-refractivity contribution in [3.63, 3.8) is 0 Å². The molecule has 1 heterocycles. The number of hydrogen-bond acceptors (Lipinski definition) is 5. The van der Waals surface area contributed by atoms with Crippen molar-refractivity contribution in [3.8, 4) is 11.5 Å².